The molecule has 0 fully saturated rings. The van der Waals surface area contributed by atoms with Crippen molar-refractivity contribution in [1.82, 2.24) is 34.5 Å². The van der Waals surface area contributed by atoms with Crippen molar-refractivity contribution in [1.29, 1.82) is 0 Å². The Labute approximate surface area is 434 Å². The van der Waals surface area contributed by atoms with E-state index >= 15 is 0 Å². The van der Waals surface area contributed by atoms with Crippen LogP contribution in [0, 0.1) is 0 Å². The molecule has 8 nitrogen and oxygen atoms in total. The molecule has 0 saturated heterocycles. The number of para-hydroxylation sites is 1. The Morgan fingerprint density at radius 3 is 1.27 bits per heavy atom. The molecule has 0 radical (unpaired) electrons. The van der Waals surface area contributed by atoms with Crippen molar-refractivity contribution in [2.75, 3.05) is 4.90 Å². The molecule has 1 aliphatic heterocycles. The van der Waals surface area contributed by atoms with E-state index in [0.29, 0.717) is 34.9 Å². The minimum atomic E-state index is -0.282. The van der Waals surface area contributed by atoms with E-state index in [2.05, 4.69) is 144 Å². The summed E-state index contributed by atoms with van der Waals surface area (Å²) < 4.78 is 2.36. The van der Waals surface area contributed by atoms with E-state index in [-0.39, 0.29) is 5.54 Å². The van der Waals surface area contributed by atoms with Gasteiger partial charge in [0.15, 0.2) is 34.9 Å². The van der Waals surface area contributed by atoms with Crippen molar-refractivity contribution in [3.05, 3.63) is 254 Å². The maximum Gasteiger partial charge on any atom is 0.164 e. The Bertz CT molecular complexity index is 4080. The number of aromatic nitrogens is 7. The minimum absolute atomic E-state index is 0.282. The summed E-state index contributed by atoms with van der Waals surface area (Å²) in [6.45, 7) is 2.36. The number of benzene rings is 9. The first-order valence-corrected chi connectivity index (χ1v) is 25.3. The van der Waals surface area contributed by atoms with E-state index in [0.717, 1.165) is 62.2 Å². The molecule has 0 spiro atoms. The first-order chi connectivity index (χ1) is 37.0. The number of rotatable bonds is 9. The van der Waals surface area contributed by atoms with Gasteiger partial charge in [-0.2, -0.15) is 0 Å². The molecule has 1 atom stereocenters. The van der Waals surface area contributed by atoms with Crippen molar-refractivity contribution >= 4 is 38.8 Å². The molecule has 0 bridgehead atoms. The van der Waals surface area contributed by atoms with Crippen LogP contribution in [0.15, 0.2) is 249 Å². The zero-order chi connectivity index (χ0) is 49.9. The summed E-state index contributed by atoms with van der Waals surface area (Å²) in [4.78, 5) is 32.3. The normalized spacial score (nSPS) is 14.7. The van der Waals surface area contributed by atoms with Gasteiger partial charge in [0, 0.05) is 66.8 Å². The highest BCUT2D eigenvalue weighted by atomic mass is 15.2. The fourth-order valence-corrected chi connectivity index (χ4v) is 11.0. The molecule has 0 saturated carbocycles. The van der Waals surface area contributed by atoms with Crippen LogP contribution in [0.25, 0.3) is 113 Å². The quantitative estimate of drug-likeness (QED) is 0.142. The highest BCUT2D eigenvalue weighted by Crippen LogP contribution is 2.55. The molecule has 354 valence electrons. The number of hydrogen-bond acceptors (Lipinski definition) is 7. The first-order valence-electron chi connectivity index (χ1n) is 25.3. The smallest absolute Gasteiger partial charge is 0.164 e. The SMILES string of the molecule is CC12CC=CC=C1c1cc(-c3ccc4c(c3)c3ccccc3n4-c3ccc(-c4nc(-c5ccccc5)nc(-c5ccccc5)n4)cc3)ccc1N2c1ccc(-c2nc(-c3ccccc3)nc(-c3ccccc3)n2)cc1. The van der Waals surface area contributed by atoms with Gasteiger partial charge in [0.2, 0.25) is 0 Å². The van der Waals surface area contributed by atoms with Crippen molar-refractivity contribution in [2.45, 2.75) is 18.9 Å². The largest absolute Gasteiger partial charge is 0.331 e. The predicted molar refractivity (Wildman–Crippen MR) is 304 cm³/mol. The van der Waals surface area contributed by atoms with Crippen molar-refractivity contribution in [3.8, 4) is 85.1 Å². The van der Waals surface area contributed by atoms with Gasteiger partial charge in [0.05, 0.1) is 16.6 Å². The molecule has 0 N–H and O–H groups in total. The highest BCUT2D eigenvalue weighted by molar-refractivity contribution is 6.10. The second kappa shape index (κ2) is 18.0. The monoisotopic (exact) mass is 962 g/mol. The molecule has 1 unspecified atom stereocenters. The maximum absolute atomic E-state index is 5.01. The predicted octanol–water partition coefficient (Wildman–Crippen LogP) is 16.1. The van der Waals surface area contributed by atoms with Gasteiger partial charge >= 0.3 is 0 Å². The lowest BCUT2D eigenvalue weighted by Gasteiger charge is -2.39. The van der Waals surface area contributed by atoms with Crippen LogP contribution in [0.3, 0.4) is 0 Å². The number of hydrogen-bond donors (Lipinski definition) is 0. The number of nitrogens with zero attached hydrogens (tertiary/aromatic N) is 8. The Morgan fingerprint density at radius 1 is 0.360 bits per heavy atom. The molecule has 12 aromatic rings. The van der Waals surface area contributed by atoms with E-state index in [1.807, 2.05) is 121 Å². The number of allylic oxidation sites excluding steroid dienone is 2. The second-order valence-electron chi connectivity index (χ2n) is 19.3. The number of fused-ring (bicyclic) bond motifs is 6. The van der Waals surface area contributed by atoms with Gasteiger partial charge < -0.3 is 9.47 Å². The van der Waals surface area contributed by atoms with Gasteiger partial charge in [-0.1, -0.05) is 170 Å². The van der Waals surface area contributed by atoms with Crippen LogP contribution >= 0.6 is 0 Å². The van der Waals surface area contributed by atoms with Crippen LogP contribution in [0.5, 0.6) is 0 Å². The third kappa shape index (κ3) is 7.70. The van der Waals surface area contributed by atoms with Crippen molar-refractivity contribution in [3.63, 3.8) is 0 Å². The fourth-order valence-electron chi connectivity index (χ4n) is 11.0. The maximum atomic E-state index is 5.01. The summed E-state index contributed by atoms with van der Waals surface area (Å²) in [7, 11) is 0. The molecule has 9 aromatic carbocycles. The summed E-state index contributed by atoms with van der Waals surface area (Å²) >= 11 is 0. The van der Waals surface area contributed by atoms with Crippen molar-refractivity contribution in [2.24, 2.45) is 0 Å². The van der Waals surface area contributed by atoms with E-state index in [4.69, 9.17) is 29.9 Å². The van der Waals surface area contributed by atoms with Gasteiger partial charge in [-0.3, -0.25) is 0 Å². The molecule has 75 heavy (non-hydrogen) atoms. The van der Waals surface area contributed by atoms with E-state index in [1.165, 1.54) is 38.7 Å². The topological polar surface area (TPSA) is 85.5 Å². The summed E-state index contributed by atoms with van der Waals surface area (Å²) in [5.74, 6) is 3.84. The molecule has 0 amide bonds. The molecule has 3 aromatic heterocycles. The molecular weight excluding hydrogens is 917 g/mol. The van der Waals surface area contributed by atoms with E-state index < -0.39 is 0 Å². The van der Waals surface area contributed by atoms with Crippen molar-refractivity contribution < 1.29 is 0 Å². The van der Waals surface area contributed by atoms with Gasteiger partial charge in [-0.05, 0) is 109 Å². The molecule has 1 aliphatic carbocycles. The fraction of sp³-hybridized carbons (Fsp3) is 0.0448. The van der Waals surface area contributed by atoms with Gasteiger partial charge in [-0.15, -0.1) is 0 Å². The van der Waals surface area contributed by atoms with Gasteiger partial charge in [0.25, 0.3) is 0 Å². The molecular formula is C67H46N8. The lowest BCUT2D eigenvalue weighted by Crippen LogP contribution is -2.40. The Hall–Kier alpha value is -9.92. The molecule has 2 aliphatic rings. The van der Waals surface area contributed by atoms with Crippen LogP contribution in [0.1, 0.15) is 18.9 Å². The Morgan fingerprint density at radius 2 is 0.760 bits per heavy atom. The average Bonchev–Trinajstić information content (AvgIpc) is 3.96. The Kier molecular flexibility index (Phi) is 10.5. The van der Waals surface area contributed by atoms with Gasteiger partial charge in [0.1, 0.15) is 0 Å². The summed E-state index contributed by atoms with van der Waals surface area (Å²) in [6, 6.07) is 80.3. The van der Waals surface area contributed by atoms with Crippen LogP contribution in [0.2, 0.25) is 0 Å². The average molecular weight is 963 g/mol. The molecule has 14 rings (SSSR count). The minimum Gasteiger partial charge on any atom is -0.331 e. The highest BCUT2D eigenvalue weighted by Gasteiger charge is 2.45. The Balaban J connectivity index is 0.803. The van der Waals surface area contributed by atoms with Crippen LogP contribution < -0.4 is 4.90 Å². The summed E-state index contributed by atoms with van der Waals surface area (Å²) in [5, 5.41) is 2.39. The van der Waals surface area contributed by atoms with Gasteiger partial charge in [-0.25, -0.2) is 29.9 Å². The zero-order valence-corrected chi connectivity index (χ0v) is 41.0. The second-order valence-corrected chi connectivity index (χ2v) is 19.3. The van der Waals surface area contributed by atoms with E-state index in [1.54, 1.807) is 0 Å². The molecule has 4 heterocycles. The lowest BCUT2D eigenvalue weighted by atomic mass is 9.83. The summed E-state index contributed by atoms with van der Waals surface area (Å²) in [6.07, 6.45) is 7.67. The molecule has 8 heteroatoms. The van der Waals surface area contributed by atoms with Crippen LogP contribution in [-0.2, 0) is 0 Å². The van der Waals surface area contributed by atoms with Crippen LogP contribution in [-0.4, -0.2) is 40.0 Å². The van der Waals surface area contributed by atoms with E-state index in [9.17, 15) is 0 Å². The standard InChI is InChI=1S/C67H46N8/c1-67-41-17-16-27-57(67)56-43-51(34-40-60(56)75(67)53-37-31-49(32-38-53)66-72-63(46-22-10-4-11-23-46)69-64(73-66)47-24-12-5-13-25-47)50-33-39-59-55(42-50)54-26-14-15-28-58(54)74(59)52-35-29-48(30-36-52)65-70-61(44-18-6-2-7-19-44)68-62(71-65)45-20-8-3-9-21-45/h2-40,42-43H,41H2,1H3. The third-order valence-electron chi connectivity index (χ3n) is 14.7. The first kappa shape index (κ1) is 43.8. The zero-order valence-electron chi connectivity index (χ0n) is 41.0. The lowest BCUT2D eigenvalue weighted by molar-refractivity contribution is 0.607. The van der Waals surface area contributed by atoms with Crippen LogP contribution in [0.4, 0.5) is 11.4 Å². The summed E-state index contributed by atoms with van der Waals surface area (Å²) in [5.41, 5.74) is 15.9. The third-order valence-corrected chi connectivity index (χ3v) is 14.7. The number of anilines is 2.